The molecular weight excluding hydrogens is 218 g/mol. The first-order chi connectivity index (χ1) is 8.06. The topological polar surface area (TPSA) is 46.6 Å². The lowest BCUT2D eigenvalue weighted by atomic mass is 10.1. The Morgan fingerprint density at radius 3 is 2.35 bits per heavy atom. The van der Waals surface area contributed by atoms with E-state index in [0.29, 0.717) is 0 Å². The van der Waals surface area contributed by atoms with Crippen LogP contribution < -0.4 is 0 Å². The Labute approximate surface area is 101 Å². The van der Waals surface area contributed by atoms with E-state index in [0.717, 1.165) is 5.56 Å². The van der Waals surface area contributed by atoms with Crippen LogP contribution in [0.25, 0.3) is 0 Å². The van der Waals surface area contributed by atoms with Crippen LogP contribution in [-0.2, 0) is 14.3 Å². The molecule has 0 aromatic heterocycles. The number of ether oxygens (including phenoxy) is 1. The van der Waals surface area contributed by atoms with Gasteiger partial charge in [0.05, 0.1) is 13.2 Å². The van der Waals surface area contributed by atoms with E-state index in [1.807, 2.05) is 37.3 Å². The van der Waals surface area contributed by atoms with E-state index in [1.165, 1.54) is 18.9 Å². The maximum absolute atomic E-state index is 11.5. The summed E-state index contributed by atoms with van der Waals surface area (Å²) in [5.41, 5.74) is 0.992. The van der Waals surface area contributed by atoms with Crippen molar-refractivity contribution >= 4 is 11.9 Å². The van der Waals surface area contributed by atoms with Gasteiger partial charge in [-0.05, 0) is 12.5 Å². The van der Waals surface area contributed by atoms with E-state index >= 15 is 0 Å². The van der Waals surface area contributed by atoms with Gasteiger partial charge in [0, 0.05) is 6.92 Å². The largest absolute Gasteiger partial charge is 0.468 e. The fourth-order valence-corrected chi connectivity index (χ4v) is 1.64. The van der Waals surface area contributed by atoms with Crippen LogP contribution in [0.2, 0.25) is 0 Å². The Balaban J connectivity index is 2.84. The zero-order valence-corrected chi connectivity index (χ0v) is 10.3. The second-order valence-corrected chi connectivity index (χ2v) is 3.81. The molecule has 0 aliphatic rings. The van der Waals surface area contributed by atoms with Crippen molar-refractivity contribution in [2.24, 2.45) is 0 Å². The predicted molar refractivity (Wildman–Crippen MR) is 64.3 cm³/mol. The Morgan fingerprint density at radius 1 is 1.29 bits per heavy atom. The zero-order chi connectivity index (χ0) is 12.8. The van der Waals surface area contributed by atoms with Gasteiger partial charge in [-0.25, -0.2) is 0 Å². The Kier molecular flexibility index (Phi) is 4.69. The third-order valence-electron chi connectivity index (χ3n) is 2.68. The molecule has 0 N–H and O–H groups in total. The molecule has 0 fully saturated rings. The average Bonchev–Trinajstić information content (AvgIpc) is 2.35. The summed E-state index contributed by atoms with van der Waals surface area (Å²) in [6, 6.07) is 9.43. The van der Waals surface area contributed by atoms with Gasteiger partial charge in [0.15, 0.2) is 0 Å². The number of esters is 1. The molecule has 1 amide bonds. The van der Waals surface area contributed by atoms with Crippen LogP contribution in [0.5, 0.6) is 0 Å². The highest BCUT2D eigenvalue weighted by Crippen LogP contribution is 2.19. The van der Waals surface area contributed by atoms with Crippen LogP contribution in [0.1, 0.15) is 25.5 Å². The van der Waals surface area contributed by atoms with Crippen molar-refractivity contribution in [1.29, 1.82) is 0 Å². The molecule has 4 nitrogen and oxygen atoms in total. The molecule has 4 heteroatoms. The number of benzene rings is 1. The van der Waals surface area contributed by atoms with Gasteiger partial charge in [0.1, 0.15) is 6.54 Å². The van der Waals surface area contributed by atoms with Crippen LogP contribution in [0.4, 0.5) is 0 Å². The number of hydrogen-bond acceptors (Lipinski definition) is 3. The van der Waals surface area contributed by atoms with Gasteiger partial charge in [-0.2, -0.15) is 0 Å². The molecule has 0 saturated heterocycles. The molecule has 0 spiro atoms. The second-order valence-electron chi connectivity index (χ2n) is 3.81. The summed E-state index contributed by atoms with van der Waals surface area (Å²) in [7, 11) is 1.31. The monoisotopic (exact) mass is 235 g/mol. The van der Waals surface area contributed by atoms with E-state index in [9.17, 15) is 9.59 Å². The summed E-state index contributed by atoms with van der Waals surface area (Å²) in [4.78, 5) is 24.3. The first kappa shape index (κ1) is 13.2. The Bertz CT molecular complexity index is 389. The third-order valence-corrected chi connectivity index (χ3v) is 2.68. The summed E-state index contributed by atoms with van der Waals surface area (Å²) < 4.78 is 4.58. The summed E-state index contributed by atoms with van der Waals surface area (Å²) in [5, 5.41) is 0. The van der Waals surface area contributed by atoms with Crippen LogP contribution in [-0.4, -0.2) is 30.4 Å². The van der Waals surface area contributed by atoms with Crippen LogP contribution >= 0.6 is 0 Å². The summed E-state index contributed by atoms with van der Waals surface area (Å²) >= 11 is 0. The molecule has 1 atom stereocenters. The van der Waals surface area contributed by atoms with Gasteiger partial charge in [-0.1, -0.05) is 30.3 Å². The van der Waals surface area contributed by atoms with E-state index < -0.39 is 5.97 Å². The minimum atomic E-state index is -0.414. The average molecular weight is 235 g/mol. The number of nitrogens with zero attached hydrogens (tertiary/aromatic N) is 1. The lowest BCUT2D eigenvalue weighted by Crippen LogP contribution is -2.36. The van der Waals surface area contributed by atoms with Crippen LogP contribution in [0.15, 0.2) is 30.3 Å². The van der Waals surface area contributed by atoms with Gasteiger partial charge in [0.25, 0.3) is 0 Å². The minimum Gasteiger partial charge on any atom is -0.468 e. The SMILES string of the molecule is COC(=O)CN(C(C)=O)C(C)c1ccccc1. The number of carbonyl (C=O) groups is 2. The highest BCUT2D eigenvalue weighted by molar-refractivity contribution is 5.80. The lowest BCUT2D eigenvalue weighted by Gasteiger charge is -2.27. The number of methoxy groups -OCH3 is 1. The van der Waals surface area contributed by atoms with E-state index in [4.69, 9.17) is 0 Å². The summed E-state index contributed by atoms with van der Waals surface area (Å²) in [6.45, 7) is 3.31. The van der Waals surface area contributed by atoms with E-state index in [2.05, 4.69) is 4.74 Å². The quantitative estimate of drug-likeness (QED) is 0.747. The fourth-order valence-electron chi connectivity index (χ4n) is 1.64. The Morgan fingerprint density at radius 2 is 1.88 bits per heavy atom. The molecule has 0 radical (unpaired) electrons. The second kappa shape index (κ2) is 6.03. The van der Waals surface area contributed by atoms with Gasteiger partial charge >= 0.3 is 5.97 Å². The minimum absolute atomic E-state index is 0.0259. The number of carbonyl (C=O) groups excluding carboxylic acids is 2. The molecule has 1 aromatic carbocycles. The van der Waals surface area contributed by atoms with Crippen molar-refractivity contribution in [2.45, 2.75) is 19.9 Å². The van der Waals surface area contributed by atoms with E-state index in [-0.39, 0.29) is 18.5 Å². The molecule has 17 heavy (non-hydrogen) atoms. The smallest absolute Gasteiger partial charge is 0.325 e. The van der Waals surface area contributed by atoms with Crippen molar-refractivity contribution in [1.82, 2.24) is 4.90 Å². The molecule has 0 aliphatic carbocycles. The Hall–Kier alpha value is -1.84. The summed E-state index contributed by atoms with van der Waals surface area (Å²) in [5.74, 6) is -0.560. The maximum Gasteiger partial charge on any atom is 0.325 e. The molecule has 1 aromatic rings. The van der Waals surface area contributed by atoms with Gasteiger partial charge < -0.3 is 9.64 Å². The highest BCUT2D eigenvalue weighted by atomic mass is 16.5. The van der Waals surface area contributed by atoms with Crippen molar-refractivity contribution in [3.8, 4) is 0 Å². The molecule has 0 heterocycles. The number of amides is 1. The molecule has 0 aliphatic heterocycles. The standard InChI is InChI=1S/C13H17NO3/c1-10(12-7-5-4-6-8-12)14(11(2)15)9-13(16)17-3/h4-8,10H,9H2,1-3H3. The molecule has 92 valence electrons. The van der Waals surface area contributed by atoms with Crippen molar-refractivity contribution in [3.05, 3.63) is 35.9 Å². The van der Waals surface area contributed by atoms with Gasteiger partial charge in [-0.3, -0.25) is 9.59 Å². The first-order valence-corrected chi connectivity index (χ1v) is 5.45. The molecule has 0 saturated carbocycles. The predicted octanol–water partition coefficient (Wildman–Crippen LogP) is 1.77. The first-order valence-electron chi connectivity index (χ1n) is 5.45. The molecule has 0 bridgehead atoms. The van der Waals surface area contributed by atoms with Gasteiger partial charge in [0.2, 0.25) is 5.91 Å². The van der Waals surface area contributed by atoms with Crippen LogP contribution in [0, 0.1) is 0 Å². The zero-order valence-electron chi connectivity index (χ0n) is 10.3. The molecule has 1 unspecified atom stereocenters. The fraction of sp³-hybridized carbons (Fsp3) is 0.385. The van der Waals surface area contributed by atoms with Crippen LogP contribution in [0.3, 0.4) is 0 Å². The van der Waals surface area contributed by atoms with Crippen molar-refractivity contribution in [2.75, 3.05) is 13.7 Å². The van der Waals surface area contributed by atoms with Gasteiger partial charge in [-0.15, -0.1) is 0 Å². The lowest BCUT2D eigenvalue weighted by molar-refractivity contribution is -0.147. The van der Waals surface area contributed by atoms with Crippen molar-refractivity contribution in [3.63, 3.8) is 0 Å². The van der Waals surface area contributed by atoms with E-state index in [1.54, 1.807) is 0 Å². The summed E-state index contributed by atoms with van der Waals surface area (Å²) in [6.07, 6.45) is 0. The highest BCUT2D eigenvalue weighted by Gasteiger charge is 2.21. The maximum atomic E-state index is 11.5. The van der Waals surface area contributed by atoms with Crippen molar-refractivity contribution < 1.29 is 14.3 Å². The normalized spacial score (nSPS) is 11.7. The third kappa shape index (κ3) is 3.59. The number of rotatable bonds is 4. The molecular formula is C13H17NO3. The number of hydrogen-bond donors (Lipinski definition) is 0. The molecule has 1 rings (SSSR count).